The highest BCUT2D eigenvalue weighted by Gasteiger charge is 2.30. The van der Waals surface area contributed by atoms with Crippen LogP contribution in [0.5, 0.6) is 0 Å². The van der Waals surface area contributed by atoms with E-state index < -0.39 is 10.0 Å². The minimum Gasteiger partial charge on any atom is -0.354 e. The number of rotatable bonds is 10. The molecular weight excluding hydrogens is 450 g/mol. The highest BCUT2D eigenvalue weighted by Crippen LogP contribution is 2.24. The van der Waals surface area contributed by atoms with E-state index in [1.165, 1.54) is 17.1 Å². The summed E-state index contributed by atoms with van der Waals surface area (Å²) in [4.78, 5) is 20.0. The van der Waals surface area contributed by atoms with Crippen LogP contribution in [-0.2, 0) is 28.3 Å². The highest BCUT2D eigenvalue weighted by molar-refractivity contribution is 7.89. The summed E-state index contributed by atoms with van der Waals surface area (Å²) in [5, 5.41) is 3.11. The van der Waals surface area contributed by atoms with E-state index in [1.807, 2.05) is 25.5 Å². The molecule has 1 fully saturated rings. The fraction of sp³-hybridized carbons (Fsp3) is 0.680. The lowest BCUT2D eigenvalue weighted by molar-refractivity contribution is -0.121. The van der Waals surface area contributed by atoms with Crippen LogP contribution in [0.4, 0.5) is 0 Å². The predicted molar refractivity (Wildman–Crippen MR) is 136 cm³/mol. The molecule has 0 aliphatic carbocycles. The van der Waals surface area contributed by atoms with Crippen molar-refractivity contribution in [3.05, 3.63) is 24.0 Å². The lowest BCUT2D eigenvalue weighted by Gasteiger charge is -2.43. The molecule has 0 saturated carbocycles. The van der Waals surface area contributed by atoms with Crippen molar-refractivity contribution in [3.8, 4) is 0 Å². The quantitative estimate of drug-likeness (QED) is 0.552. The van der Waals surface area contributed by atoms with Crippen LogP contribution in [0.25, 0.3) is 11.0 Å². The Balaban J connectivity index is 1.64. The fourth-order valence-corrected chi connectivity index (χ4v) is 6.28. The summed E-state index contributed by atoms with van der Waals surface area (Å²) in [7, 11) is -1.64. The van der Waals surface area contributed by atoms with Gasteiger partial charge >= 0.3 is 0 Å². The number of aromatic nitrogens is 2. The molecule has 2 heterocycles. The van der Waals surface area contributed by atoms with Crippen molar-refractivity contribution in [3.63, 3.8) is 0 Å². The molecule has 8 nitrogen and oxygen atoms in total. The molecule has 1 aliphatic heterocycles. The van der Waals surface area contributed by atoms with Gasteiger partial charge in [-0.3, -0.25) is 9.69 Å². The summed E-state index contributed by atoms with van der Waals surface area (Å²) in [5.74, 6) is 1.48. The van der Waals surface area contributed by atoms with Crippen LogP contribution in [-0.4, -0.2) is 71.3 Å². The molecule has 0 radical (unpaired) electrons. The van der Waals surface area contributed by atoms with Gasteiger partial charge in [0.2, 0.25) is 15.9 Å². The van der Waals surface area contributed by atoms with E-state index in [2.05, 4.69) is 36.0 Å². The second-order valence-corrected chi connectivity index (χ2v) is 12.0. The Morgan fingerprint density at radius 3 is 2.62 bits per heavy atom. The van der Waals surface area contributed by atoms with Gasteiger partial charge in [-0.2, -0.15) is 4.31 Å². The molecule has 1 unspecified atom stereocenters. The normalized spacial score (nSPS) is 18.0. The number of aryl methyl sites for hydroxylation is 2. The lowest BCUT2D eigenvalue weighted by atomic mass is 9.93. The Morgan fingerprint density at radius 2 is 1.97 bits per heavy atom. The molecule has 1 aromatic heterocycles. The summed E-state index contributed by atoms with van der Waals surface area (Å²) in [6, 6.07) is 5.07. The molecule has 34 heavy (non-hydrogen) atoms. The first kappa shape index (κ1) is 26.6. The lowest BCUT2D eigenvalue weighted by Crippen LogP contribution is -2.54. The van der Waals surface area contributed by atoms with Gasteiger partial charge in [-0.05, 0) is 57.4 Å². The van der Waals surface area contributed by atoms with Crippen molar-refractivity contribution in [2.75, 3.05) is 32.7 Å². The molecule has 1 atom stereocenters. The van der Waals surface area contributed by atoms with Gasteiger partial charge in [0.15, 0.2) is 0 Å². The average Bonchev–Trinajstić information content (AvgIpc) is 3.12. The van der Waals surface area contributed by atoms with Crippen LogP contribution in [0.2, 0.25) is 0 Å². The maximum atomic E-state index is 12.9. The monoisotopic (exact) mass is 491 g/mol. The second kappa shape index (κ2) is 10.7. The summed E-state index contributed by atoms with van der Waals surface area (Å²) in [6.07, 6.45) is 3.33. The van der Waals surface area contributed by atoms with Crippen LogP contribution in [0.1, 0.15) is 59.7 Å². The van der Waals surface area contributed by atoms with Crippen LogP contribution in [0.15, 0.2) is 23.1 Å². The van der Waals surface area contributed by atoms with Gasteiger partial charge in [0.1, 0.15) is 5.82 Å². The van der Waals surface area contributed by atoms with Crippen LogP contribution >= 0.6 is 0 Å². The van der Waals surface area contributed by atoms with Crippen molar-refractivity contribution in [2.24, 2.45) is 13.0 Å². The minimum absolute atomic E-state index is 0.00925. The number of piperidine rings is 1. The average molecular weight is 492 g/mol. The number of nitrogens with zero attached hydrogens (tertiary/aromatic N) is 4. The molecule has 1 aliphatic rings. The number of nitrogens with one attached hydrogen (secondary N) is 1. The molecule has 0 spiro atoms. The molecule has 1 saturated heterocycles. The van der Waals surface area contributed by atoms with Gasteiger partial charge in [-0.1, -0.05) is 20.8 Å². The minimum atomic E-state index is -3.54. The summed E-state index contributed by atoms with van der Waals surface area (Å²) >= 11 is 0. The number of carbonyl (C=O) groups excluding carboxylic acids is 1. The number of sulfonamides is 1. The largest absolute Gasteiger partial charge is 0.354 e. The number of likely N-dealkylation sites (tertiary alicyclic amines) is 1. The van der Waals surface area contributed by atoms with Gasteiger partial charge in [-0.15, -0.1) is 0 Å². The summed E-state index contributed by atoms with van der Waals surface area (Å²) in [6.45, 7) is 14.0. The third-order valence-electron chi connectivity index (χ3n) is 7.10. The van der Waals surface area contributed by atoms with Crippen LogP contribution in [0.3, 0.4) is 0 Å². The van der Waals surface area contributed by atoms with Gasteiger partial charge in [-0.25, -0.2) is 13.4 Å². The Labute approximate surface area is 204 Å². The van der Waals surface area contributed by atoms with E-state index in [0.717, 1.165) is 24.4 Å². The molecule has 1 aromatic carbocycles. The molecule has 2 aromatic rings. The second-order valence-electron chi connectivity index (χ2n) is 10.1. The molecule has 190 valence electrons. The molecule has 9 heteroatoms. The molecular formula is C25H41N5O3S. The van der Waals surface area contributed by atoms with E-state index in [4.69, 9.17) is 0 Å². The zero-order valence-corrected chi connectivity index (χ0v) is 22.4. The molecule has 1 N–H and O–H groups in total. The van der Waals surface area contributed by atoms with Crippen molar-refractivity contribution in [1.82, 2.24) is 24.1 Å². The standard InChI is InChI=1S/C25H41N5O3S/c1-7-30(8-2)34(32,33)20-11-12-22-21(16-20)27-23(28(22)6)13-14-24(31)26-18-25(4,5)29-15-9-10-19(3)17-29/h11-12,16,19H,7-10,13-15,17-18H2,1-6H3,(H,26,31). The Hall–Kier alpha value is -1.97. The van der Waals surface area contributed by atoms with Gasteiger partial charge < -0.3 is 9.88 Å². The smallest absolute Gasteiger partial charge is 0.243 e. The van der Waals surface area contributed by atoms with E-state index >= 15 is 0 Å². The maximum absolute atomic E-state index is 12.9. The molecule has 3 rings (SSSR count). The topological polar surface area (TPSA) is 87.5 Å². The fourth-order valence-electron chi connectivity index (χ4n) is 4.81. The van der Waals surface area contributed by atoms with Gasteiger partial charge in [0.05, 0.1) is 15.9 Å². The van der Waals surface area contributed by atoms with Crippen LogP contribution < -0.4 is 5.32 Å². The third-order valence-corrected chi connectivity index (χ3v) is 9.14. The Bertz CT molecular complexity index is 1110. The molecule has 0 bridgehead atoms. The third kappa shape index (κ3) is 5.80. The van der Waals surface area contributed by atoms with Crippen molar-refractivity contribution < 1.29 is 13.2 Å². The van der Waals surface area contributed by atoms with E-state index in [1.54, 1.807) is 18.2 Å². The number of amides is 1. The highest BCUT2D eigenvalue weighted by atomic mass is 32.2. The molecule has 1 amide bonds. The number of benzene rings is 1. The maximum Gasteiger partial charge on any atom is 0.243 e. The zero-order chi connectivity index (χ0) is 25.1. The first-order valence-corrected chi connectivity index (χ1v) is 13.9. The first-order valence-electron chi connectivity index (χ1n) is 12.5. The number of fused-ring (bicyclic) bond motifs is 1. The van der Waals surface area contributed by atoms with Gasteiger partial charge in [0.25, 0.3) is 0 Å². The number of imidazole rings is 1. The van der Waals surface area contributed by atoms with E-state index in [9.17, 15) is 13.2 Å². The Morgan fingerprint density at radius 1 is 1.26 bits per heavy atom. The number of hydrogen-bond donors (Lipinski definition) is 1. The Kier molecular flexibility index (Phi) is 8.42. The number of carbonyl (C=O) groups is 1. The predicted octanol–water partition coefficient (Wildman–Crippen LogP) is 3.16. The summed E-state index contributed by atoms with van der Waals surface area (Å²) < 4.78 is 29.1. The van der Waals surface area contributed by atoms with Crippen molar-refractivity contribution in [1.29, 1.82) is 0 Å². The van der Waals surface area contributed by atoms with Crippen molar-refractivity contribution >= 4 is 27.0 Å². The number of hydrogen-bond acceptors (Lipinski definition) is 5. The van der Waals surface area contributed by atoms with E-state index in [0.29, 0.717) is 43.9 Å². The SMILES string of the molecule is CCN(CC)S(=O)(=O)c1ccc2c(c1)nc(CCC(=O)NCC(C)(C)N1CCCC(C)C1)n2C. The van der Waals surface area contributed by atoms with Crippen LogP contribution in [0, 0.1) is 5.92 Å². The summed E-state index contributed by atoms with van der Waals surface area (Å²) in [5.41, 5.74) is 1.41. The first-order chi connectivity index (χ1) is 16.0. The van der Waals surface area contributed by atoms with E-state index in [-0.39, 0.29) is 16.3 Å². The zero-order valence-electron chi connectivity index (χ0n) is 21.6. The van der Waals surface area contributed by atoms with Crippen molar-refractivity contribution in [2.45, 2.75) is 70.7 Å². The van der Waals surface area contributed by atoms with Gasteiger partial charge in [0, 0.05) is 51.6 Å².